The highest BCUT2D eigenvalue weighted by atomic mass is 32.2. The van der Waals surface area contributed by atoms with E-state index in [1.54, 1.807) is 0 Å². The van der Waals surface area contributed by atoms with Crippen molar-refractivity contribution in [3.05, 3.63) is 0 Å². The minimum Gasteiger partial charge on any atom is -0.382 e. The van der Waals surface area contributed by atoms with Gasteiger partial charge in [-0.1, -0.05) is 0 Å². The van der Waals surface area contributed by atoms with Crippen molar-refractivity contribution in [3.63, 3.8) is 0 Å². The third kappa shape index (κ3) is 4.91. The first kappa shape index (κ1) is 17.2. The molecule has 0 bridgehead atoms. The summed E-state index contributed by atoms with van der Waals surface area (Å²) in [6.07, 6.45) is -5.80. The Bertz CT molecular complexity index is 444. The van der Waals surface area contributed by atoms with Gasteiger partial charge in [0.2, 0.25) is 15.9 Å². The molecule has 0 aromatic heterocycles. The molecule has 6 nitrogen and oxygen atoms in total. The average molecular weight is 318 g/mol. The van der Waals surface area contributed by atoms with E-state index in [2.05, 4.69) is 0 Å². The van der Waals surface area contributed by atoms with E-state index in [-0.39, 0.29) is 25.9 Å². The molecular weight excluding hydrogens is 301 g/mol. The number of nitrogens with zero attached hydrogens (tertiary/aromatic N) is 1. The lowest BCUT2D eigenvalue weighted by Gasteiger charge is -2.29. The number of aliphatic hydroxyl groups excluding tert-OH is 1. The van der Waals surface area contributed by atoms with Crippen LogP contribution in [0.1, 0.15) is 12.8 Å². The molecule has 1 atom stereocenters. The van der Waals surface area contributed by atoms with Crippen molar-refractivity contribution in [2.45, 2.75) is 25.1 Å². The number of halogens is 3. The van der Waals surface area contributed by atoms with Gasteiger partial charge in [0.25, 0.3) is 0 Å². The van der Waals surface area contributed by atoms with Gasteiger partial charge in [0.1, 0.15) is 0 Å². The van der Waals surface area contributed by atoms with E-state index < -0.39 is 40.7 Å². The van der Waals surface area contributed by atoms with Crippen molar-refractivity contribution >= 4 is 15.9 Å². The molecule has 1 saturated heterocycles. The molecule has 1 aliphatic rings. The summed E-state index contributed by atoms with van der Waals surface area (Å²) in [5, 5.41) is 10.8. The zero-order valence-electron chi connectivity index (χ0n) is 10.9. The molecule has 10 heteroatoms. The minimum atomic E-state index is -4.77. The van der Waals surface area contributed by atoms with Gasteiger partial charge in [-0.25, -0.2) is 12.7 Å². The molecule has 1 unspecified atom stereocenters. The fourth-order valence-electron chi connectivity index (χ4n) is 1.91. The maximum absolute atomic E-state index is 12.0. The Balaban J connectivity index is 2.40. The van der Waals surface area contributed by atoms with E-state index in [4.69, 9.17) is 5.11 Å². The van der Waals surface area contributed by atoms with Gasteiger partial charge in [-0.3, -0.25) is 4.79 Å². The number of carbonyl (C=O) groups excluding carboxylic acids is 1. The molecule has 118 valence electrons. The highest BCUT2D eigenvalue weighted by molar-refractivity contribution is 7.88. The summed E-state index contributed by atoms with van der Waals surface area (Å²) in [6, 6.07) is 0. The molecule has 1 rings (SSSR count). The predicted octanol–water partition coefficient (Wildman–Crippen LogP) is -0.303. The second-order valence-electron chi connectivity index (χ2n) is 4.74. The number of hydrogen-bond acceptors (Lipinski definition) is 4. The molecule has 0 saturated carbocycles. The fourth-order valence-corrected chi connectivity index (χ4v) is 2.78. The molecule has 0 aliphatic carbocycles. The van der Waals surface area contributed by atoms with Gasteiger partial charge in [-0.15, -0.1) is 0 Å². The quantitative estimate of drug-likeness (QED) is 0.745. The molecule has 0 aromatic rings. The van der Waals surface area contributed by atoms with Gasteiger partial charge in [0, 0.05) is 19.0 Å². The number of rotatable bonds is 4. The van der Waals surface area contributed by atoms with Crippen molar-refractivity contribution in [2.75, 3.05) is 25.9 Å². The van der Waals surface area contributed by atoms with Crippen molar-refractivity contribution in [2.24, 2.45) is 5.92 Å². The molecular formula is C10H17F3N2O4S. The van der Waals surface area contributed by atoms with Crippen LogP contribution < -0.4 is 5.32 Å². The summed E-state index contributed by atoms with van der Waals surface area (Å²) in [4.78, 5) is 11.6. The number of nitrogens with one attached hydrogen (secondary N) is 1. The average Bonchev–Trinajstić information content (AvgIpc) is 2.33. The van der Waals surface area contributed by atoms with Gasteiger partial charge in [0.15, 0.2) is 6.10 Å². The predicted molar refractivity (Wildman–Crippen MR) is 64.2 cm³/mol. The van der Waals surface area contributed by atoms with E-state index in [0.29, 0.717) is 0 Å². The maximum atomic E-state index is 12.0. The summed E-state index contributed by atoms with van der Waals surface area (Å²) in [7, 11) is -3.31. The van der Waals surface area contributed by atoms with Crippen LogP contribution in [0.3, 0.4) is 0 Å². The summed E-state index contributed by atoms with van der Waals surface area (Å²) in [5.41, 5.74) is 0. The summed E-state index contributed by atoms with van der Waals surface area (Å²) in [5.74, 6) is -1.13. The Morgan fingerprint density at radius 1 is 1.40 bits per heavy atom. The van der Waals surface area contributed by atoms with E-state index >= 15 is 0 Å². The SMILES string of the molecule is CS(=O)(=O)N1CCC(C(=O)NCC(O)C(F)(F)F)CC1. The molecule has 0 radical (unpaired) electrons. The summed E-state index contributed by atoms with van der Waals surface area (Å²) >= 11 is 0. The molecule has 0 aromatic carbocycles. The molecule has 2 N–H and O–H groups in total. The third-order valence-corrected chi connectivity index (χ3v) is 4.44. The van der Waals surface area contributed by atoms with Crippen molar-refractivity contribution in [1.29, 1.82) is 0 Å². The van der Waals surface area contributed by atoms with E-state index in [1.807, 2.05) is 5.32 Å². The molecule has 1 heterocycles. The molecule has 1 fully saturated rings. The lowest BCUT2D eigenvalue weighted by molar-refractivity contribution is -0.202. The smallest absolute Gasteiger partial charge is 0.382 e. The molecule has 0 spiro atoms. The van der Waals surface area contributed by atoms with Crippen LogP contribution in [0, 0.1) is 5.92 Å². The number of amides is 1. The van der Waals surface area contributed by atoms with Crippen molar-refractivity contribution < 1.29 is 31.5 Å². The fraction of sp³-hybridized carbons (Fsp3) is 0.900. The van der Waals surface area contributed by atoms with Crippen LogP contribution in [0.25, 0.3) is 0 Å². The first-order chi connectivity index (χ1) is 9.01. The summed E-state index contributed by atoms with van der Waals surface area (Å²) in [6.45, 7) is -0.563. The standard InChI is InChI=1S/C10H17F3N2O4S/c1-20(18,19)15-4-2-7(3-5-15)9(17)14-6-8(16)10(11,12)13/h7-8,16H,2-6H2,1H3,(H,14,17). The summed E-state index contributed by atoms with van der Waals surface area (Å²) < 4.78 is 59.9. The van der Waals surface area contributed by atoms with Crippen LogP contribution in [0.15, 0.2) is 0 Å². The molecule has 1 amide bonds. The highest BCUT2D eigenvalue weighted by Crippen LogP contribution is 2.21. The van der Waals surface area contributed by atoms with E-state index in [9.17, 15) is 26.4 Å². The number of alkyl halides is 3. The van der Waals surface area contributed by atoms with Crippen LogP contribution in [0.4, 0.5) is 13.2 Å². The van der Waals surface area contributed by atoms with Crippen LogP contribution in [-0.4, -0.2) is 61.9 Å². The Kier molecular flexibility index (Phi) is 5.39. The topological polar surface area (TPSA) is 86.7 Å². The monoisotopic (exact) mass is 318 g/mol. The van der Waals surface area contributed by atoms with Gasteiger partial charge in [-0.05, 0) is 12.8 Å². The number of carbonyl (C=O) groups is 1. The second-order valence-corrected chi connectivity index (χ2v) is 6.72. The van der Waals surface area contributed by atoms with E-state index in [1.165, 1.54) is 4.31 Å². The minimum absolute atomic E-state index is 0.165. The largest absolute Gasteiger partial charge is 0.416 e. The zero-order valence-corrected chi connectivity index (χ0v) is 11.7. The Morgan fingerprint density at radius 2 is 1.90 bits per heavy atom. The zero-order chi connectivity index (χ0) is 15.6. The number of piperidine rings is 1. The number of sulfonamides is 1. The highest BCUT2D eigenvalue weighted by Gasteiger charge is 2.38. The first-order valence-corrected chi connectivity index (χ1v) is 7.84. The molecule has 1 aliphatic heterocycles. The van der Waals surface area contributed by atoms with Crippen LogP contribution in [0.2, 0.25) is 0 Å². The second kappa shape index (κ2) is 6.27. The van der Waals surface area contributed by atoms with Gasteiger partial charge in [0.05, 0.1) is 12.8 Å². The maximum Gasteiger partial charge on any atom is 0.416 e. The van der Waals surface area contributed by atoms with Crippen molar-refractivity contribution in [1.82, 2.24) is 9.62 Å². The Hall–Kier alpha value is -0.870. The lowest BCUT2D eigenvalue weighted by Crippen LogP contribution is -2.46. The Morgan fingerprint density at radius 3 is 2.30 bits per heavy atom. The van der Waals surface area contributed by atoms with Crippen LogP contribution in [-0.2, 0) is 14.8 Å². The normalized spacial score (nSPS) is 20.6. The van der Waals surface area contributed by atoms with Gasteiger partial charge < -0.3 is 10.4 Å². The lowest BCUT2D eigenvalue weighted by atomic mass is 9.97. The van der Waals surface area contributed by atoms with E-state index in [0.717, 1.165) is 6.26 Å². The third-order valence-electron chi connectivity index (χ3n) is 3.14. The van der Waals surface area contributed by atoms with Crippen molar-refractivity contribution in [3.8, 4) is 0 Å². The van der Waals surface area contributed by atoms with Crippen LogP contribution in [0.5, 0.6) is 0 Å². The number of aliphatic hydroxyl groups is 1. The van der Waals surface area contributed by atoms with Gasteiger partial charge in [-0.2, -0.15) is 13.2 Å². The van der Waals surface area contributed by atoms with Gasteiger partial charge >= 0.3 is 6.18 Å². The first-order valence-electron chi connectivity index (χ1n) is 5.99. The van der Waals surface area contributed by atoms with Crippen LogP contribution >= 0.6 is 0 Å². The molecule has 20 heavy (non-hydrogen) atoms. The number of hydrogen-bond donors (Lipinski definition) is 2. The Labute approximate surface area is 115 Å².